The van der Waals surface area contributed by atoms with Crippen LogP contribution >= 0.6 is 0 Å². The lowest BCUT2D eigenvalue weighted by Gasteiger charge is -2.29. The molecule has 0 saturated heterocycles. The number of amides is 1. The minimum Gasteiger partial charge on any atom is -0.356 e. The monoisotopic (exact) mass is 222 g/mol. The third-order valence-corrected chi connectivity index (χ3v) is 3.15. The normalized spacial score (nSPS) is 24.2. The topological polar surface area (TPSA) is 70.4 Å². The van der Waals surface area contributed by atoms with Gasteiger partial charge in [0.05, 0.1) is 6.33 Å². The van der Waals surface area contributed by atoms with Crippen LogP contribution in [0.4, 0.5) is 5.82 Å². The standard InChI is InChI=1S/C10H14N4O2/c1-13-8-7(9(15)12-10(13)16)14(5-11-8)4-6-2-3-6/h5-6,10,16H,2-4H2,1H3,(H,12,15). The highest BCUT2D eigenvalue weighted by Crippen LogP contribution is 2.32. The number of nitrogens with zero attached hydrogens (tertiary/aromatic N) is 3. The van der Waals surface area contributed by atoms with Crippen molar-refractivity contribution in [1.29, 1.82) is 0 Å². The molecule has 86 valence electrons. The number of carbonyl (C=O) groups excluding carboxylic acids is 1. The Bertz CT molecular complexity index is 438. The van der Waals surface area contributed by atoms with Crippen LogP contribution in [0.2, 0.25) is 0 Å². The van der Waals surface area contributed by atoms with Gasteiger partial charge in [0.15, 0.2) is 11.5 Å². The summed E-state index contributed by atoms with van der Waals surface area (Å²) in [5, 5.41) is 12.0. The number of aliphatic hydroxyl groups is 1. The number of carbonyl (C=O) groups is 1. The van der Waals surface area contributed by atoms with Crippen molar-refractivity contribution in [2.24, 2.45) is 5.92 Å². The van der Waals surface area contributed by atoms with Gasteiger partial charge in [-0.15, -0.1) is 0 Å². The molecule has 1 fully saturated rings. The summed E-state index contributed by atoms with van der Waals surface area (Å²) in [6.07, 6.45) is 3.15. The molecular formula is C10H14N4O2. The zero-order chi connectivity index (χ0) is 11.3. The summed E-state index contributed by atoms with van der Waals surface area (Å²) in [6.45, 7) is 0.847. The lowest BCUT2D eigenvalue weighted by molar-refractivity contribution is 0.0745. The lowest BCUT2D eigenvalue weighted by atomic mass is 10.3. The van der Waals surface area contributed by atoms with E-state index in [2.05, 4.69) is 10.3 Å². The highest BCUT2D eigenvalue weighted by atomic mass is 16.3. The molecule has 16 heavy (non-hydrogen) atoms. The van der Waals surface area contributed by atoms with E-state index in [9.17, 15) is 9.90 Å². The Balaban J connectivity index is 1.98. The summed E-state index contributed by atoms with van der Waals surface area (Å²) in [5.41, 5.74) is 0.555. The van der Waals surface area contributed by atoms with Gasteiger partial charge < -0.3 is 19.9 Å². The molecule has 0 spiro atoms. The largest absolute Gasteiger partial charge is 0.356 e. The van der Waals surface area contributed by atoms with E-state index in [-0.39, 0.29) is 5.91 Å². The number of nitrogens with one attached hydrogen (secondary N) is 1. The molecule has 0 aromatic carbocycles. The summed E-state index contributed by atoms with van der Waals surface area (Å²) < 4.78 is 1.88. The number of imidazole rings is 1. The van der Waals surface area contributed by atoms with Crippen LogP contribution in [-0.4, -0.2) is 34.0 Å². The van der Waals surface area contributed by atoms with Gasteiger partial charge >= 0.3 is 0 Å². The third-order valence-electron chi connectivity index (χ3n) is 3.15. The van der Waals surface area contributed by atoms with Crippen molar-refractivity contribution < 1.29 is 9.90 Å². The first-order valence-corrected chi connectivity index (χ1v) is 5.43. The van der Waals surface area contributed by atoms with Gasteiger partial charge in [-0.05, 0) is 18.8 Å². The van der Waals surface area contributed by atoms with E-state index >= 15 is 0 Å². The minimum atomic E-state index is -0.982. The van der Waals surface area contributed by atoms with Crippen molar-refractivity contribution in [3.8, 4) is 0 Å². The van der Waals surface area contributed by atoms with Gasteiger partial charge in [-0.2, -0.15) is 0 Å². The maximum atomic E-state index is 11.8. The van der Waals surface area contributed by atoms with E-state index in [0.717, 1.165) is 6.54 Å². The van der Waals surface area contributed by atoms with Crippen molar-refractivity contribution in [3.63, 3.8) is 0 Å². The zero-order valence-electron chi connectivity index (χ0n) is 9.05. The van der Waals surface area contributed by atoms with E-state index in [1.165, 1.54) is 12.8 Å². The van der Waals surface area contributed by atoms with Crippen molar-refractivity contribution >= 4 is 11.7 Å². The molecule has 2 aliphatic rings. The number of hydrogen-bond acceptors (Lipinski definition) is 4. The first-order chi connectivity index (χ1) is 7.66. The molecule has 0 radical (unpaired) electrons. The molecule has 1 aromatic rings. The van der Waals surface area contributed by atoms with Crippen LogP contribution in [0.25, 0.3) is 0 Å². The number of rotatable bonds is 2. The molecule has 6 nitrogen and oxygen atoms in total. The fourth-order valence-electron chi connectivity index (χ4n) is 1.98. The SMILES string of the molecule is CN1c2ncn(CC3CC3)c2C(=O)NC1O. The predicted molar refractivity (Wildman–Crippen MR) is 56.8 cm³/mol. The van der Waals surface area contributed by atoms with E-state index < -0.39 is 6.35 Å². The second kappa shape index (κ2) is 3.21. The molecule has 1 aliphatic carbocycles. The smallest absolute Gasteiger partial charge is 0.275 e. The average Bonchev–Trinajstić information content (AvgIpc) is 2.93. The van der Waals surface area contributed by atoms with Crippen LogP contribution < -0.4 is 10.2 Å². The van der Waals surface area contributed by atoms with Crippen molar-refractivity contribution in [1.82, 2.24) is 14.9 Å². The first-order valence-electron chi connectivity index (χ1n) is 5.43. The maximum absolute atomic E-state index is 11.8. The molecule has 2 heterocycles. The summed E-state index contributed by atoms with van der Waals surface area (Å²) in [5.74, 6) is 0.985. The fraction of sp³-hybridized carbons (Fsp3) is 0.600. The Morgan fingerprint density at radius 1 is 1.62 bits per heavy atom. The highest BCUT2D eigenvalue weighted by molar-refractivity contribution is 5.99. The minimum absolute atomic E-state index is 0.251. The van der Waals surface area contributed by atoms with E-state index in [1.54, 1.807) is 18.3 Å². The number of hydrogen-bond donors (Lipinski definition) is 2. The molecule has 6 heteroatoms. The van der Waals surface area contributed by atoms with Gasteiger partial charge in [0.25, 0.3) is 5.91 Å². The molecule has 1 amide bonds. The highest BCUT2D eigenvalue weighted by Gasteiger charge is 2.33. The Hall–Kier alpha value is -1.56. The van der Waals surface area contributed by atoms with Gasteiger partial charge in [0.1, 0.15) is 0 Å². The van der Waals surface area contributed by atoms with Crippen LogP contribution in [0.3, 0.4) is 0 Å². The average molecular weight is 222 g/mol. The first kappa shape index (κ1) is 9.65. The van der Waals surface area contributed by atoms with Gasteiger partial charge in [0.2, 0.25) is 6.35 Å². The number of aliphatic hydroxyl groups excluding tert-OH is 1. The Labute approximate surface area is 92.9 Å². The number of aromatic nitrogens is 2. The summed E-state index contributed by atoms with van der Waals surface area (Å²) in [7, 11) is 1.71. The van der Waals surface area contributed by atoms with Gasteiger partial charge in [-0.25, -0.2) is 4.98 Å². The molecule has 3 rings (SSSR count). The zero-order valence-corrected chi connectivity index (χ0v) is 9.05. The van der Waals surface area contributed by atoms with Crippen molar-refractivity contribution in [2.75, 3.05) is 11.9 Å². The molecule has 1 aliphatic heterocycles. The van der Waals surface area contributed by atoms with Crippen LogP contribution in [0, 0.1) is 5.92 Å². The van der Waals surface area contributed by atoms with Crippen LogP contribution in [0.15, 0.2) is 6.33 Å². The summed E-state index contributed by atoms with van der Waals surface area (Å²) >= 11 is 0. The molecule has 0 bridgehead atoms. The third kappa shape index (κ3) is 1.37. The number of fused-ring (bicyclic) bond motifs is 1. The molecular weight excluding hydrogens is 208 g/mol. The van der Waals surface area contributed by atoms with Gasteiger partial charge in [-0.1, -0.05) is 0 Å². The lowest BCUT2D eigenvalue weighted by Crippen LogP contribution is -2.51. The van der Waals surface area contributed by atoms with Crippen LogP contribution in [-0.2, 0) is 6.54 Å². The van der Waals surface area contributed by atoms with Crippen LogP contribution in [0.1, 0.15) is 23.3 Å². The molecule has 2 N–H and O–H groups in total. The van der Waals surface area contributed by atoms with E-state index in [0.29, 0.717) is 17.4 Å². The fourth-order valence-corrected chi connectivity index (χ4v) is 1.98. The summed E-state index contributed by atoms with van der Waals surface area (Å²) in [6, 6.07) is 0. The van der Waals surface area contributed by atoms with Gasteiger partial charge in [0, 0.05) is 13.6 Å². The summed E-state index contributed by atoms with van der Waals surface area (Å²) in [4.78, 5) is 17.5. The molecule has 1 saturated carbocycles. The number of anilines is 1. The molecule has 1 atom stereocenters. The quantitative estimate of drug-likeness (QED) is 0.724. The Morgan fingerprint density at radius 2 is 2.38 bits per heavy atom. The molecule has 1 unspecified atom stereocenters. The van der Waals surface area contributed by atoms with Gasteiger partial charge in [-0.3, -0.25) is 4.79 Å². The maximum Gasteiger partial charge on any atom is 0.275 e. The predicted octanol–water partition coefficient (Wildman–Crippen LogP) is -0.251. The van der Waals surface area contributed by atoms with E-state index in [1.807, 2.05) is 4.57 Å². The second-order valence-electron chi connectivity index (χ2n) is 4.47. The van der Waals surface area contributed by atoms with E-state index in [4.69, 9.17) is 0 Å². The van der Waals surface area contributed by atoms with Crippen molar-refractivity contribution in [3.05, 3.63) is 12.0 Å². The van der Waals surface area contributed by atoms with Crippen molar-refractivity contribution in [2.45, 2.75) is 25.7 Å². The Kier molecular flexibility index (Phi) is 1.94. The van der Waals surface area contributed by atoms with Crippen LogP contribution in [0.5, 0.6) is 0 Å². The molecule has 1 aromatic heterocycles. The second-order valence-corrected chi connectivity index (χ2v) is 4.47. The Morgan fingerprint density at radius 3 is 3.06 bits per heavy atom.